The monoisotopic (exact) mass is 303 g/mol. The first-order valence-corrected chi connectivity index (χ1v) is 6.28. The standard InChI is InChI=1S/C8H9NO2.C8H8O3/c1-11-8(10)6-4-2-3-5-7(6)9;1-11-8-4-6(5-9)2-3-7(8)10/h2-5H,9H2,1H3;2-5,10H,1H3. The van der Waals surface area contributed by atoms with Gasteiger partial charge in [-0.3, -0.25) is 4.79 Å². The van der Waals surface area contributed by atoms with Crippen molar-refractivity contribution < 1.29 is 24.2 Å². The Morgan fingerprint density at radius 1 is 1.18 bits per heavy atom. The molecule has 0 heterocycles. The predicted molar refractivity (Wildman–Crippen MR) is 82.2 cm³/mol. The van der Waals surface area contributed by atoms with E-state index in [0.717, 1.165) is 0 Å². The van der Waals surface area contributed by atoms with Gasteiger partial charge < -0.3 is 20.3 Å². The van der Waals surface area contributed by atoms with E-state index < -0.39 is 5.97 Å². The summed E-state index contributed by atoms with van der Waals surface area (Å²) in [4.78, 5) is 21.2. The largest absolute Gasteiger partial charge is 0.504 e. The summed E-state index contributed by atoms with van der Waals surface area (Å²) in [6.07, 6.45) is 0.696. The van der Waals surface area contributed by atoms with E-state index in [1.807, 2.05) is 0 Å². The molecule has 0 bridgehead atoms. The van der Waals surface area contributed by atoms with Crippen LogP contribution in [0.5, 0.6) is 11.5 Å². The van der Waals surface area contributed by atoms with Crippen LogP contribution in [0.3, 0.4) is 0 Å². The summed E-state index contributed by atoms with van der Waals surface area (Å²) in [7, 11) is 2.76. The number of phenols is 1. The molecule has 2 rings (SSSR count). The van der Waals surface area contributed by atoms with Crippen LogP contribution in [0.25, 0.3) is 0 Å². The minimum Gasteiger partial charge on any atom is -0.504 e. The van der Waals surface area contributed by atoms with Crippen LogP contribution in [-0.4, -0.2) is 31.6 Å². The number of nitrogen functional groups attached to an aromatic ring is 1. The van der Waals surface area contributed by atoms with Crippen molar-refractivity contribution in [2.45, 2.75) is 0 Å². The zero-order valence-electron chi connectivity index (χ0n) is 12.3. The van der Waals surface area contributed by atoms with Gasteiger partial charge in [-0.15, -0.1) is 0 Å². The number of nitrogens with two attached hydrogens (primary N) is 1. The van der Waals surface area contributed by atoms with E-state index in [9.17, 15) is 9.59 Å². The number of hydrogen-bond acceptors (Lipinski definition) is 6. The summed E-state index contributed by atoms with van der Waals surface area (Å²) >= 11 is 0. The van der Waals surface area contributed by atoms with Crippen LogP contribution in [0.1, 0.15) is 20.7 Å². The highest BCUT2D eigenvalue weighted by Crippen LogP contribution is 2.25. The van der Waals surface area contributed by atoms with Crippen LogP contribution in [0.4, 0.5) is 5.69 Å². The van der Waals surface area contributed by atoms with Crippen molar-refractivity contribution in [2.24, 2.45) is 0 Å². The Balaban J connectivity index is 0.000000220. The van der Waals surface area contributed by atoms with Gasteiger partial charge >= 0.3 is 5.97 Å². The molecule has 0 saturated heterocycles. The number of aromatic hydroxyl groups is 1. The van der Waals surface area contributed by atoms with E-state index in [2.05, 4.69) is 4.74 Å². The highest BCUT2D eigenvalue weighted by Gasteiger charge is 2.06. The quantitative estimate of drug-likeness (QED) is 0.512. The van der Waals surface area contributed by atoms with Crippen molar-refractivity contribution in [3.8, 4) is 11.5 Å². The second-order valence-electron chi connectivity index (χ2n) is 4.13. The summed E-state index contributed by atoms with van der Waals surface area (Å²) in [6, 6.07) is 11.2. The molecule has 0 fully saturated rings. The number of anilines is 1. The smallest absolute Gasteiger partial charge is 0.339 e. The van der Waals surface area contributed by atoms with Gasteiger partial charge in [-0.2, -0.15) is 0 Å². The molecule has 6 nitrogen and oxygen atoms in total. The number of methoxy groups -OCH3 is 2. The minimum absolute atomic E-state index is 0.0399. The lowest BCUT2D eigenvalue weighted by molar-refractivity contribution is 0.0602. The molecule has 2 aromatic carbocycles. The minimum atomic E-state index is -0.400. The van der Waals surface area contributed by atoms with Gasteiger partial charge in [0.05, 0.1) is 19.8 Å². The first kappa shape index (κ1) is 17.0. The maximum Gasteiger partial charge on any atom is 0.339 e. The number of aldehydes is 1. The molecule has 0 aromatic heterocycles. The van der Waals surface area contributed by atoms with E-state index in [0.29, 0.717) is 28.8 Å². The third-order valence-corrected chi connectivity index (χ3v) is 2.71. The number of hydrogen-bond donors (Lipinski definition) is 2. The van der Waals surface area contributed by atoms with Gasteiger partial charge in [0, 0.05) is 11.3 Å². The first-order chi connectivity index (χ1) is 10.5. The summed E-state index contributed by atoms with van der Waals surface area (Å²) in [5.74, 6) is -0.0456. The molecule has 0 aliphatic heterocycles. The zero-order chi connectivity index (χ0) is 16.5. The van der Waals surface area contributed by atoms with Gasteiger partial charge in [0.1, 0.15) is 6.29 Å². The Bertz CT molecular complexity index is 655. The van der Waals surface area contributed by atoms with Gasteiger partial charge in [-0.05, 0) is 30.3 Å². The molecule has 0 amide bonds. The van der Waals surface area contributed by atoms with Crippen LogP contribution >= 0.6 is 0 Å². The summed E-state index contributed by atoms with van der Waals surface area (Å²) in [5.41, 5.74) is 6.84. The molecule has 0 aliphatic rings. The van der Waals surface area contributed by atoms with Gasteiger partial charge in [0.2, 0.25) is 0 Å². The second kappa shape index (κ2) is 8.31. The van der Waals surface area contributed by atoms with E-state index in [-0.39, 0.29) is 5.75 Å². The van der Waals surface area contributed by atoms with Crippen molar-refractivity contribution in [3.63, 3.8) is 0 Å². The average molecular weight is 303 g/mol. The highest BCUT2D eigenvalue weighted by atomic mass is 16.5. The molecule has 2 aromatic rings. The Hall–Kier alpha value is -3.02. The average Bonchev–Trinajstić information content (AvgIpc) is 2.55. The van der Waals surface area contributed by atoms with Crippen molar-refractivity contribution in [2.75, 3.05) is 20.0 Å². The molecule has 0 unspecified atom stereocenters. The summed E-state index contributed by atoms with van der Waals surface area (Å²) in [5, 5.41) is 9.09. The van der Waals surface area contributed by atoms with Gasteiger partial charge in [0.15, 0.2) is 11.5 Å². The Morgan fingerprint density at radius 3 is 2.41 bits per heavy atom. The fraction of sp³-hybridized carbons (Fsp3) is 0.125. The van der Waals surface area contributed by atoms with Crippen LogP contribution in [0, 0.1) is 0 Å². The molecule has 0 radical (unpaired) electrons. The molecule has 0 atom stereocenters. The lowest BCUT2D eigenvalue weighted by atomic mass is 10.2. The number of carbonyl (C=O) groups excluding carboxylic acids is 2. The van der Waals surface area contributed by atoms with Crippen molar-refractivity contribution in [1.82, 2.24) is 0 Å². The van der Waals surface area contributed by atoms with Crippen molar-refractivity contribution in [1.29, 1.82) is 0 Å². The molecule has 116 valence electrons. The van der Waals surface area contributed by atoms with Gasteiger partial charge in [-0.1, -0.05) is 12.1 Å². The Labute approximate surface area is 128 Å². The fourth-order valence-corrected chi connectivity index (χ4v) is 1.56. The molecule has 22 heavy (non-hydrogen) atoms. The lowest BCUT2D eigenvalue weighted by Crippen LogP contribution is -2.04. The van der Waals surface area contributed by atoms with Crippen LogP contribution in [0.15, 0.2) is 42.5 Å². The van der Waals surface area contributed by atoms with E-state index in [1.54, 1.807) is 24.3 Å². The molecule has 0 aliphatic carbocycles. The number of ether oxygens (including phenoxy) is 2. The van der Waals surface area contributed by atoms with Crippen LogP contribution in [0.2, 0.25) is 0 Å². The normalized spacial score (nSPS) is 9.18. The fourth-order valence-electron chi connectivity index (χ4n) is 1.56. The SMILES string of the molecule is COC(=O)c1ccccc1N.COc1cc(C=O)ccc1O. The first-order valence-electron chi connectivity index (χ1n) is 6.28. The van der Waals surface area contributed by atoms with Gasteiger partial charge in [-0.25, -0.2) is 4.79 Å². The van der Waals surface area contributed by atoms with Crippen LogP contribution in [-0.2, 0) is 4.74 Å². The third-order valence-electron chi connectivity index (χ3n) is 2.71. The van der Waals surface area contributed by atoms with Crippen molar-refractivity contribution in [3.05, 3.63) is 53.6 Å². The van der Waals surface area contributed by atoms with E-state index in [4.69, 9.17) is 15.6 Å². The molecular formula is C16H17NO5. The number of para-hydroxylation sites is 1. The predicted octanol–water partition coefficient (Wildman–Crippen LogP) is 2.27. The van der Waals surface area contributed by atoms with Crippen LogP contribution < -0.4 is 10.5 Å². The zero-order valence-corrected chi connectivity index (χ0v) is 12.3. The Kier molecular flexibility index (Phi) is 6.43. The number of phenolic OH excluding ortho intramolecular Hbond substituents is 1. The second-order valence-corrected chi connectivity index (χ2v) is 4.13. The molecule has 6 heteroatoms. The number of carbonyl (C=O) groups is 2. The highest BCUT2D eigenvalue weighted by molar-refractivity contribution is 5.94. The third kappa shape index (κ3) is 4.52. The maximum absolute atomic E-state index is 10.9. The maximum atomic E-state index is 10.9. The summed E-state index contributed by atoms with van der Waals surface area (Å²) < 4.78 is 9.28. The molecular weight excluding hydrogens is 286 g/mol. The van der Waals surface area contributed by atoms with E-state index >= 15 is 0 Å². The molecule has 0 spiro atoms. The lowest BCUT2D eigenvalue weighted by Gasteiger charge is -2.01. The number of benzene rings is 2. The number of esters is 1. The molecule has 3 N–H and O–H groups in total. The topological polar surface area (TPSA) is 98.9 Å². The number of rotatable bonds is 3. The summed E-state index contributed by atoms with van der Waals surface area (Å²) in [6.45, 7) is 0. The van der Waals surface area contributed by atoms with Crippen molar-refractivity contribution >= 4 is 17.9 Å². The molecule has 0 saturated carbocycles. The van der Waals surface area contributed by atoms with Gasteiger partial charge in [0.25, 0.3) is 0 Å². The Morgan fingerprint density at radius 2 is 1.86 bits per heavy atom. The van der Waals surface area contributed by atoms with E-state index in [1.165, 1.54) is 32.4 Å².